The summed E-state index contributed by atoms with van der Waals surface area (Å²) in [5, 5.41) is 2.53. The summed E-state index contributed by atoms with van der Waals surface area (Å²) >= 11 is 0. The standard InChI is InChI=1S/C20H22F2N2O4S/c1-13-10-16(6-8-19(13)28-2)29(26,27)24-9-3-4-14(12-24)20(25)23-15-5-7-17(21)18(22)11-15/h5-8,10-11,14H,3-4,9,12H2,1-2H3,(H,23,25). The minimum Gasteiger partial charge on any atom is -0.496 e. The Kier molecular flexibility index (Phi) is 6.18. The average Bonchev–Trinajstić information content (AvgIpc) is 2.70. The fourth-order valence-electron chi connectivity index (χ4n) is 3.35. The van der Waals surface area contributed by atoms with Gasteiger partial charge in [0.05, 0.1) is 17.9 Å². The second-order valence-corrected chi connectivity index (χ2v) is 8.89. The molecule has 0 aromatic heterocycles. The lowest BCUT2D eigenvalue weighted by atomic mass is 9.98. The van der Waals surface area contributed by atoms with Crippen LogP contribution < -0.4 is 10.1 Å². The normalized spacial score (nSPS) is 17.7. The highest BCUT2D eigenvalue weighted by Gasteiger charge is 2.33. The van der Waals surface area contributed by atoms with Crippen molar-refractivity contribution in [3.63, 3.8) is 0 Å². The molecule has 1 heterocycles. The fraction of sp³-hybridized carbons (Fsp3) is 0.350. The van der Waals surface area contributed by atoms with Crippen LogP contribution in [0.5, 0.6) is 5.75 Å². The summed E-state index contributed by atoms with van der Waals surface area (Å²) in [4.78, 5) is 12.7. The van der Waals surface area contributed by atoms with Gasteiger partial charge in [0.25, 0.3) is 0 Å². The molecule has 1 saturated heterocycles. The van der Waals surface area contributed by atoms with Crippen molar-refractivity contribution in [3.8, 4) is 5.75 Å². The molecule has 2 aromatic carbocycles. The number of nitrogens with one attached hydrogen (secondary N) is 1. The predicted molar refractivity (Wildman–Crippen MR) is 104 cm³/mol. The number of hydrogen-bond donors (Lipinski definition) is 1. The minimum atomic E-state index is -3.77. The predicted octanol–water partition coefficient (Wildman–Crippen LogP) is 3.32. The van der Waals surface area contributed by atoms with Crippen molar-refractivity contribution < 1.29 is 26.7 Å². The summed E-state index contributed by atoms with van der Waals surface area (Å²) in [7, 11) is -2.26. The van der Waals surface area contributed by atoms with E-state index in [1.54, 1.807) is 19.1 Å². The first-order chi connectivity index (χ1) is 13.7. The first kappa shape index (κ1) is 21.2. The molecule has 1 aliphatic rings. The number of nitrogens with zero attached hydrogens (tertiary/aromatic N) is 1. The smallest absolute Gasteiger partial charge is 0.243 e. The number of hydrogen-bond acceptors (Lipinski definition) is 4. The number of benzene rings is 2. The van der Waals surface area contributed by atoms with Crippen molar-refractivity contribution in [2.45, 2.75) is 24.7 Å². The molecule has 29 heavy (non-hydrogen) atoms. The molecule has 6 nitrogen and oxygen atoms in total. The van der Waals surface area contributed by atoms with Gasteiger partial charge in [0.15, 0.2) is 11.6 Å². The van der Waals surface area contributed by atoms with Gasteiger partial charge in [-0.3, -0.25) is 4.79 Å². The minimum absolute atomic E-state index is 0.0168. The largest absolute Gasteiger partial charge is 0.496 e. The number of piperidine rings is 1. The number of amides is 1. The maximum atomic E-state index is 13.3. The van der Waals surface area contributed by atoms with Crippen LogP contribution in [0.15, 0.2) is 41.3 Å². The first-order valence-electron chi connectivity index (χ1n) is 9.13. The van der Waals surface area contributed by atoms with Crippen LogP contribution in [-0.2, 0) is 14.8 Å². The summed E-state index contributed by atoms with van der Waals surface area (Å²) < 4.78 is 58.9. The highest BCUT2D eigenvalue weighted by atomic mass is 32.2. The molecule has 1 aliphatic heterocycles. The number of halogens is 2. The maximum absolute atomic E-state index is 13.3. The van der Waals surface area contributed by atoms with Gasteiger partial charge in [0.2, 0.25) is 15.9 Å². The number of aryl methyl sites for hydroxylation is 1. The highest BCUT2D eigenvalue weighted by Crippen LogP contribution is 2.28. The lowest BCUT2D eigenvalue weighted by Gasteiger charge is -2.31. The number of carbonyl (C=O) groups is 1. The molecule has 9 heteroatoms. The molecule has 0 bridgehead atoms. The van der Waals surface area contributed by atoms with Crippen LogP contribution >= 0.6 is 0 Å². The van der Waals surface area contributed by atoms with Crippen molar-refractivity contribution in [3.05, 3.63) is 53.6 Å². The monoisotopic (exact) mass is 424 g/mol. The number of methoxy groups -OCH3 is 1. The number of ether oxygens (including phenoxy) is 1. The summed E-state index contributed by atoms with van der Waals surface area (Å²) in [5.74, 6) is -2.50. The molecule has 1 amide bonds. The number of carbonyl (C=O) groups excluding carboxylic acids is 1. The van der Waals surface area contributed by atoms with E-state index in [1.807, 2.05) is 0 Å². The van der Waals surface area contributed by atoms with Crippen LogP contribution in [0, 0.1) is 24.5 Å². The van der Waals surface area contributed by atoms with Crippen molar-refractivity contribution in [2.24, 2.45) is 5.92 Å². The third kappa shape index (κ3) is 4.56. The van der Waals surface area contributed by atoms with Crippen LogP contribution in [-0.4, -0.2) is 38.8 Å². The van der Waals surface area contributed by atoms with E-state index in [2.05, 4.69) is 5.32 Å². The van der Waals surface area contributed by atoms with Gasteiger partial charge in [-0.05, 0) is 55.7 Å². The van der Waals surface area contributed by atoms with Gasteiger partial charge >= 0.3 is 0 Å². The van der Waals surface area contributed by atoms with Crippen LogP contribution in [0.2, 0.25) is 0 Å². The van der Waals surface area contributed by atoms with E-state index in [-0.39, 0.29) is 17.1 Å². The quantitative estimate of drug-likeness (QED) is 0.799. The second-order valence-electron chi connectivity index (χ2n) is 6.95. The number of rotatable bonds is 5. The van der Waals surface area contributed by atoms with Crippen molar-refractivity contribution in [1.82, 2.24) is 4.31 Å². The Morgan fingerprint density at radius 3 is 2.59 bits per heavy atom. The third-order valence-electron chi connectivity index (χ3n) is 4.95. The van der Waals surface area contributed by atoms with Crippen LogP contribution in [0.25, 0.3) is 0 Å². The summed E-state index contributed by atoms with van der Waals surface area (Å²) in [5.41, 5.74) is 0.817. The molecular weight excluding hydrogens is 402 g/mol. The van der Waals surface area contributed by atoms with Gasteiger partial charge in [-0.2, -0.15) is 4.31 Å². The molecule has 2 aromatic rings. The zero-order chi connectivity index (χ0) is 21.2. The topological polar surface area (TPSA) is 75.7 Å². The molecule has 0 saturated carbocycles. The fourth-order valence-corrected chi connectivity index (χ4v) is 4.96. The van der Waals surface area contributed by atoms with E-state index >= 15 is 0 Å². The van der Waals surface area contributed by atoms with Crippen molar-refractivity contribution in [1.29, 1.82) is 0 Å². The number of anilines is 1. The Balaban J connectivity index is 1.74. The zero-order valence-corrected chi connectivity index (χ0v) is 16.9. The van der Waals surface area contributed by atoms with Crippen molar-refractivity contribution in [2.75, 3.05) is 25.5 Å². The van der Waals surface area contributed by atoms with Crippen LogP contribution in [0.1, 0.15) is 18.4 Å². The molecule has 1 unspecified atom stereocenters. The number of sulfonamides is 1. The molecular formula is C20H22F2N2O4S. The molecule has 1 atom stereocenters. The Labute approximate surface area is 168 Å². The van der Waals surface area contributed by atoms with Gasteiger partial charge in [0.1, 0.15) is 5.75 Å². The van der Waals surface area contributed by atoms with E-state index in [9.17, 15) is 22.0 Å². The average molecular weight is 424 g/mol. The molecule has 0 spiro atoms. The molecule has 1 fully saturated rings. The summed E-state index contributed by atoms with van der Waals surface area (Å²) in [6.07, 6.45) is 1.02. The van der Waals surface area contributed by atoms with Crippen molar-refractivity contribution >= 4 is 21.6 Å². The van der Waals surface area contributed by atoms with Gasteiger partial charge in [-0.25, -0.2) is 17.2 Å². The van der Waals surface area contributed by atoms with Crippen LogP contribution in [0.4, 0.5) is 14.5 Å². The van der Waals surface area contributed by atoms with E-state index in [4.69, 9.17) is 4.74 Å². The Morgan fingerprint density at radius 1 is 1.17 bits per heavy atom. The maximum Gasteiger partial charge on any atom is 0.243 e. The molecule has 1 N–H and O–H groups in total. The van der Waals surface area contributed by atoms with E-state index in [0.29, 0.717) is 30.7 Å². The van der Waals surface area contributed by atoms with Crippen LogP contribution in [0.3, 0.4) is 0 Å². The van der Waals surface area contributed by atoms with E-state index in [1.165, 1.54) is 23.5 Å². The first-order valence-corrected chi connectivity index (χ1v) is 10.6. The third-order valence-corrected chi connectivity index (χ3v) is 6.81. The SMILES string of the molecule is COc1ccc(S(=O)(=O)N2CCCC(C(=O)Nc3ccc(F)c(F)c3)C2)cc1C. The van der Waals surface area contributed by atoms with Gasteiger partial charge in [-0.1, -0.05) is 0 Å². The molecule has 3 rings (SSSR count). The lowest BCUT2D eigenvalue weighted by molar-refractivity contribution is -0.120. The zero-order valence-electron chi connectivity index (χ0n) is 16.1. The van der Waals surface area contributed by atoms with Gasteiger partial charge < -0.3 is 10.1 Å². The lowest BCUT2D eigenvalue weighted by Crippen LogP contribution is -2.43. The highest BCUT2D eigenvalue weighted by molar-refractivity contribution is 7.89. The Bertz CT molecular complexity index is 1030. The molecule has 156 valence electrons. The molecule has 0 radical (unpaired) electrons. The second kappa shape index (κ2) is 8.46. The van der Waals surface area contributed by atoms with E-state index < -0.39 is 33.5 Å². The Morgan fingerprint density at radius 2 is 1.93 bits per heavy atom. The molecule has 0 aliphatic carbocycles. The van der Waals surface area contributed by atoms with Gasteiger partial charge in [-0.15, -0.1) is 0 Å². The Hall–Kier alpha value is -2.52. The summed E-state index contributed by atoms with van der Waals surface area (Å²) in [6.45, 7) is 2.08. The van der Waals surface area contributed by atoms with Gasteiger partial charge in [0, 0.05) is 24.8 Å². The summed E-state index contributed by atoms with van der Waals surface area (Å²) in [6, 6.07) is 7.69. The van der Waals surface area contributed by atoms with E-state index in [0.717, 1.165) is 12.1 Å².